The van der Waals surface area contributed by atoms with E-state index >= 15 is 0 Å². The van der Waals surface area contributed by atoms with Crippen LogP contribution in [0.4, 0.5) is 5.69 Å². The Morgan fingerprint density at radius 1 is 1.11 bits per heavy atom. The quantitative estimate of drug-likeness (QED) is 0.785. The average Bonchev–Trinajstić information content (AvgIpc) is 2.38. The van der Waals surface area contributed by atoms with Gasteiger partial charge in [-0.1, -0.05) is 26.0 Å². The van der Waals surface area contributed by atoms with Gasteiger partial charge in [0.2, 0.25) is 0 Å². The number of anilines is 1. The standard InChI is InChI=1S/C16H28N2/c1-6-12-18(13(3)4)15-10-8-14(9-11-15)16(7-2)17-5/h8-11,13,16-17H,6-7,12H2,1-5H3. The molecule has 0 aliphatic carbocycles. The molecule has 2 heteroatoms. The molecule has 0 saturated carbocycles. The Labute approximate surface area is 112 Å². The first-order valence-electron chi connectivity index (χ1n) is 7.17. The van der Waals surface area contributed by atoms with Crippen LogP contribution in [0.3, 0.4) is 0 Å². The summed E-state index contributed by atoms with van der Waals surface area (Å²) in [7, 11) is 2.03. The van der Waals surface area contributed by atoms with Crippen molar-refractivity contribution in [3.8, 4) is 0 Å². The van der Waals surface area contributed by atoms with Gasteiger partial charge in [-0.3, -0.25) is 0 Å². The molecule has 1 N–H and O–H groups in total. The summed E-state index contributed by atoms with van der Waals surface area (Å²) >= 11 is 0. The van der Waals surface area contributed by atoms with Crippen molar-refractivity contribution >= 4 is 5.69 Å². The number of benzene rings is 1. The topological polar surface area (TPSA) is 15.3 Å². The lowest BCUT2D eigenvalue weighted by molar-refractivity contribution is 0.576. The summed E-state index contributed by atoms with van der Waals surface area (Å²) in [5, 5.41) is 3.35. The van der Waals surface area contributed by atoms with Crippen molar-refractivity contribution in [2.45, 2.75) is 52.6 Å². The van der Waals surface area contributed by atoms with Crippen LogP contribution in [0.25, 0.3) is 0 Å². The van der Waals surface area contributed by atoms with Crippen LogP contribution >= 0.6 is 0 Å². The molecular formula is C16H28N2. The number of hydrogen-bond donors (Lipinski definition) is 1. The van der Waals surface area contributed by atoms with Gasteiger partial charge >= 0.3 is 0 Å². The summed E-state index contributed by atoms with van der Waals surface area (Å²) < 4.78 is 0. The predicted molar refractivity (Wildman–Crippen MR) is 81.3 cm³/mol. The molecular weight excluding hydrogens is 220 g/mol. The molecule has 0 bridgehead atoms. The molecule has 18 heavy (non-hydrogen) atoms. The van der Waals surface area contributed by atoms with Gasteiger partial charge in [-0.2, -0.15) is 0 Å². The molecule has 0 fully saturated rings. The highest BCUT2D eigenvalue weighted by molar-refractivity contribution is 5.48. The first-order valence-corrected chi connectivity index (χ1v) is 7.17. The van der Waals surface area contributed by atoms with Crippen molar-refractivity contribution in [1.29, 1.82) is 0 Å². The van der Waals surface area contributed by atoms with E-state index in [0.717, 1.165) is 13.0 Å². The smallest absolute Gasteiger partial charge is 0.0368 e. The molecule has 0 amide bonds. The predicted octanol–water partition coefficient (Wildman–Crippen LogP) is 3.98. The van der Waals surface area contributed by atoms with Crippen LogP contribution in [0, 0.1) is 0 Å². The average molecular weight is 248 g/mol. The zero-order valence-corrected chi connectivity index (χ0v) is 12.5. The van der Waals surface area contributed by atoms with Gasteiger partial charge < -0.3 is 10.2 Å². The largest absolute Gasteiger partial charge is 0.369 e. The van der Waals surface area contributed by atoms with Crippen molar-refractivity contribution in [3.63, 3.8) is 0 Å². The first-order chi connectivity index (χ1) is 8.63. The molecule has 0 aromatic heterocycles. The molecule has 1 rings (SSSR count). The lowest BCUT2D eigenvalue weighted by Crippen LogP contribution is -2.31. The van der Waals surface area contributed by atoms with Gasteiger partial charge in [0.1, 0.15) is 0 Å². The van der Waals surface area contributed by atoms with Crippen molar-refractivity contribution in [1.82, 2.24) is 5.32 Å². The van der Waals surface area contributed by atoms with E-state index in [9.17, 15) is 0 Å². The molecule has 0 aliphatic rings. The van der Waals surface area contributed by atoms with E-state index in [1.54, 1.807) is 0 Å². The Morgan fingerprint density at radius 3 is 2.11 bits per heavy atom. The highest BCUT2D eigenvalue weighted by Crippen LogP contribution is 2.22. The fourth-order valence-corrected chi connectivity index (χ4v) is 2.43. The van der Waals surface area contributed by atoms with Crippen molar-refractivity contribution in [2.75, 3.05) is 18.5 Å². The maximum absolute atomic E-state index is 3.35. The first kappa shape index (κ1) is 15.0. The van der Waals surface area contributed by atoms with Crippen LogP contribution in [0.5, 0.6) is 0 Å². The number of rotatable bonds is 7. The second kappa shape index (κ2) is 7.42. The van der Waals surface area contributed by atoms with Gasteiger partial charge in [-0.25, -0.2) is 0 Å². The maximum Gasteiger partial charge on any atom is 0.0368 e. The highest BCUT2D eigenvalue weighted by Gasteiger charge is 2.11. The minimum atomic E-state index is 0.470. The van der Waals surface area contributed by atoms with Gasteiger partial charge in [0.15, 0.2) is 0 Å². The van der Waals surface area contributed by atoms with Crippen LogP contribution in [-0.4, -0.2) is 19.6 Å². The molecule has 1 unspecified atom stereocenters. The van der Waals surface area contributed by atoms with E-state index in [1.807, 2.05) is 7.05 Å². The molecule has 0 aliphatic heterocycles. The second-order valence-electron chi connectivity index (χ2n) is 5.13. The Morgan fingerprint density at radius 2 is 1.72 bits per heavy atom. The fourth-order valence-electron chi connectivity index (χ4n) is 2.43. The lowest BCUT2D eigenvalue weighted by atomic mass is 10.0. The Kier molecular flexibility index (Phi) is 6.20. The lowest BCUT2D eigenvalue weighted by Gasteiger charge is -2.29. The van der Waals surface area contributed by atoms with Gasteiger partial charge in [0.05, 0.1) is 0 Å². The number of hydrogen-bond acceptors (Lipinski definition) is 2. The monoisotopic (exact) mass is 248 g/mol. The summed E-state index contributed by atoms with van der Waals surface area (Å²) in [5.41, 5.74) is 2.71. The molecule has 1 aromatic carbocycles. The molecule has 0 heterocycles. The summed E-state index contributed by atoms with van der Waals surface area (Å²) in [6.45, 7) is 10.1. The highest BCUT2D eigenvalue weighted by atomic mass is 15.1. The molecule has 0 spiro atoms. The van der Waals surface area contributed by atoms with Crippen LogP contribution in [0.15, 0.2) is 24.3 Å². The van der Waals surface area contributed by atoms with E-state index in [-0.39, 0.29) is 0 Å². The van der Waals surface area contributed by atoms with Crippen molar-refractivity contribution in [3.05, 3.63) is 29.8 Å². The van der Waals surface area contributed by atoms with Crippen molar-refractivity contribution < 1.29 is 0 Å². The molecule has 2 nitrogen and oxygen atoms in total. The van der Waals surface area contributed by atoms with E-state index in [4.69, 9.17) is 0 Å². The zero-order valence-electron chi connectivity index (χ0n) is 12.5. The Balaban J connectivity index is 2.86. The zero-order chi connectivity index (χ0) is 13.5. The normalized spacial score (nSPS) is 12.8. The van der Waals surface area contributed by atoms with E-state index in [1.165, 1.54) is 17.7 Å². The van der Waals surface area contributed by atoms with Gasteiger partial charge in [0, 0.05) is 24.3 Å². The summed E-state index contributed by atoms with van der Waals surface area (Å²) in [5.74, 6) is 0. The summed E-state index contributed by atoms with van der Waals surface area (Å²) in [4.78, 5) is 2.46. The molecule has 0 saturated heterocycles. The van der Waals surface area contributed by atoms with Crippen LogP contribution in [-0.2, 0) is 0 Å². The van der Waals surface area contributed by atoms with Gasteiger partial charge in [0.25, 0.3) is 0 Å². The number of nitrogens with zero attached hydrogens (tertiary/aromatic N) is 1. The SMILES string of the molecule is CCCN(c1ccc(C(CC)NC)cc1)C(C)C. The Hall–Kier alpha value is -1.02. The third-order valence-corrected chi connectivity index (χ3v) is 3.47. The summed E-state index contributed by atoms with van der Waals surface area (Å²) in [6.07, 6.45) is 2.31. The van der Waals surface area contributed by atoms with Crippen LogP contribution in [0.2, 0.25) is 0 Å². The molecule has 1 aromatic rings. The molecule has 1 atom stereocenters. The number of nitrogens with one attached hydrogen (secondary N) is 1. The van der Waals surface area contributed by atoms with Gasteiger partial charge in [-0.15, -0.1) is 0 Å². The van der Waals surface area contributed by atoms with Gasteiger partial charge in [-0.05, 0) is 51.4 Å². The Bertz CT molecular complexity index is 325. The second-order valence-corrected chi connectivity index (χ2v) is 5.13. The van der Waals surface area contributed by atoms with E-state index in [2.05, 4.69) is 62.2 Å². The maximum atomic E-state index is 3.35. The minimum Gasteiger partial charge on any atom is -0.369 e. The fraction of sp³-hybridized carbons (Fsp3) is 0.625. The van der Waals surface area contributed by atoms with E-state index in [0.29, 0.717) is 12.1 Å². The van der Waals surface area contributed by atoms with E-state index < -0.39 is 0 Å². The minimum absolute atomic E-state index is 0.470. The van der Waals surface area contributed by atoms with Crippen LogP contribution < -0.4 is 10.2 Å². The molecule has 102 valence electrons. The van der Waals surface area contributed by atoms with Crippen LogP contribution in [0.1, 0.15) is 52.1 Å². The summed E-state index contributed by atoms with van der Waals surface area (Å²) in [6, 6.07) is 10.0. The van der Waals surface area contributed by atoms with Crippen molar-refractivity contribution in [2.24, 2.45) is 0 Å². The third kappa shape index (κ3) is 3.74. The third-order valence-electron chi connectivity index (χ3n) is 3.47. The molecule has 0 radical (unpaired) electrons.